The summed E-state index contributed by atoms with van der Waals surface area (Å²) in [6.07, 6.45) is 0. The molecule has 0 atom stereocenters. The van der Waals surface area contributed by atoms with E-state index in [0.29, 0.717) is 5.92 Å². The average molecular weight is 178 g/mol. The zero-order valence-corrected chi connectivity index (χ0v) is 8.54. The van der Waals surface area contributed by atoms with Gasteiger partial charge >= 0.3 is 0 Å². The van der Waals surface area contributed by atoms with Crippen LogP contribution in [0.15, 0.2) is 30.3 Å². The number of hydrogen-bond donors (Lipinski definition) is 2. The third kappa shape index (κ3) is 7.06. The second-order valence-corrected chi connectivity index (χ2v) is 3.25. The van der Waals surface area contributed by atoms with Crippen molar-refractivity contribution in [3.8, 4) is 0 Å². The molecule has 0 saturated carbocycles. The molecule has 0 aromatic heterocycles. The van der Waals surface area contributed by atoms with Gasteiger partial charge in [0, 0.05) is 0 Å². The summed E-state index contributed by atoms with van der Waals surface area (Å²) >= 11 is 0. The van der Waals surface area contributed by atoms with Crippen LogP contribution < -0.4 is 5.73 Å². The lowest BCUT2D eigenvalue weighted by Crippen LogP contribution is -2.00. The topological polar surface area (TPSA) is 49.9 Å². The number of benzene rings is 1. The van der Waals surface area contributed by atoms with Crippen molar-refractivity contribution < 1.29 is 0 Å². The maximum absolute atomic E-state index is 6.28. The van der Waals surface area contributed by atoms with Gasteiger partial charge in [-0.25, -0.2) is 0 Å². The molecule has 72 valence electrons. The molecule has 0 aliphatic rings. The number of nitrogens with two attached hydrogens (primary N) is 1. The van der Waals surface area contributed by atoms with E-state index in [1.165, 1.54) is 12.5 Å². The Morgan fingerprint density at radius 1 is 1.23 bits per heavy atom. The first kappa shape index (κ1) is 11.7. The standard InChI is InChI=1S/C9H12.C2H6N2/c1-8(2)9-6-4-3-5-7-9;1-2(3)4/h3-8H,1-2H3;1H3,(H3,3,4). The molecule has 0 aliphatic heterocycles. The first-order chi connectivity index (χ1) is 6.04. The minimum Gasteiger partial charge on any atom is -0.388 e. The summed E-state index contributed by atoms with van der Waals surface area (Å²) < 4.78 is 0. The van der Waals surface area contributed by atoms with Crippen LogP contribution in [0, 0.1) is 5.41 Å². The van der Waals surface area contributed by atoms with E-state index >= 15 is 0 Å². The second-order valence-electron chi connectivity index (χ2n) is 3.25. The average Bonchev–Trinajstić information content (AvgIpc) is 2.05. The number of nitrogens with one attached hydrogen (secondary N) is 1. The molecule has 0 fully saturated rings. The van der Waals surface area contributed by atoms with Gasteiger partial charge in [0.2, 0.25) is 0 Å². The Hall–Kier alpha value is -1.31. The van der Waals surface area contributed by atoms with Gasteiger partial charge in [-0.3, -0.25) is 5.41 Å². The van der Waals surface area contributed by atoms with Crippen molar-refractivity contribution in [1.29, 1.82) is 5.41 Å². The normalized spacial score (nSPS) is 8.92. The lowest BCUT2D eigenvalue weighted by atomic mass is 10.0. The van der Waals surface area contributed by atoms with Crippen LogP contribution >= 0.6 is 0 Å². The smallest absolute Gasteiger partial charge is 0.0873 e. The Bertz CT molecular complexity index is 236. The van der Waals surface area contributed by atoms with Crippen molar-refractivity contribution in [2.45, 2.75) is 26.7 Å². The second kappa shape index (κ2) is 6.23. The maximum Gasteiger partial charge on any atom is 0.0873 e. The number of rotatable bonds is 1. The van der Waals surface area contributed by atoms with Crippen molar-refractivity contribution in [3.05, 3.63) is 35.9 Å². The van der Waals surface area contributed by atoms with Crippen LogP contribution in [-0.4, -0.2) is 5.84 Å². The molecule has 1 aromatic carbocycles. The highest BCUT2D eigenvalue weighted by atomic mass is 14.7. The van der Waals surface area contributed by atoms with Gasteiger partial charge in [-0.1, -0.05) is 44.2 Å². The van der Waals surface area contributed by atoms with Gasteiger partial charge in [-0.15, -0.1) is 0 Å². The molecule has 2 heteroatoms. The van der Waals surface area contributed by atoms with Crippen molar-refractivity contribution >= 4 is 5.84 Å². The predicted molar refractivity (Wildman–Crippen MR) is 58.1 cm³/mol. The Morgan fingerprint density at radius 2 is 1.62 bits per heavy atom. The fraction of sp³-hybridized carbons (Fsp3) is 0.364. The van der Waals surface area contributed by atoms with Crippen LogP contribution in [0.5, 0.6) is 0 Å². The molecule has 0 heterocycles. The minimum atomic E-state index is 0.167. The van der Waals surface area contributed by atoms with E-state index < -0.39 is 0 Å². The highest BCUT2D eigenvalue weighted by Gasteiger charge is 1.93. The summed E-state index contributed by atoms with van der Waals surface area (Å²) in [6.45, 7) is 5.94. The quantitative estimate of drug-likeness (QED) is 0.504. The Balaban J connectivity index is 0.000000310. The van der Waals surface area contributed by atoms with Gasteiger partial charge in [-0.05, 0) is 18.4 Å². The molecule has 0 amide bonds. The Kier molecular flexibility index (Phi) is 5.60. The fourth-order valence-corrected chi connectivity index (χ4v) is 0.838. The molecule has 1 aromatic rings. The molecular weight excluding hydrogens is 160 g/mol. The highest BCUT2D eigenvalue weighted by Crippen LogP contribution is 2.11. The zero-order valence-electron chi connectivity index (χ0n) is 8.54. The van der Waals surface area contributed by atoms with Gasteiger partial charge < -0.3 is 5.73 Å². The van der Waals surface area contributed by atoms with E-state index in [0.717, 1.165) is 0 Å². The van der Waals surface area contributed by atoms with Crippen molar-refractivity contribution in [3.63, 3.8) is 0 Å². The van der Waals surface area contributed by atoms with Gasteiger partial charge in [-0.2, -0.15) is 0 Å². The summed E-state index contributed by atoms with van der Waals surface area (Å²) in [5, 5.41) is 6.28. The SMILES string of the molecule is CC(=N)N.CC(C)c1ccccc1. The van der Waals surface area contributed by atoms with E-state index in [1.54, 1.807) is 0 Å². The van der Waals surface area contributed by atoms with Gasteiger partial charge in [0.25, 0.3) is 0 Å². The van der Waals surface area contributed by atoms with Crippen molar-refractivity contribution in [2.24, 2.45) is 5.73 Å². The number of amidine groups is 1. The molecule has 1 rings (SSSR count). The fourth-order valence-electron chi connectivity index (χ4n) is 0.838. The largest absolute Gasteiger partial charge is 0.388 e. The lowest BCUT2D eigenvalue weighted by molar-refractivity contribution is 0.867. The van der Waals surface area contributed by atoms with Crippen LogP contribution in [0.4, 0.5) is 0 Å². The summed E-state index contributed by atoms with van der Waals surface area (Å²) in [6, 6.07) is 10.5. The van der Waals surface area contributed by atoms with E-state index in [-0.39, 0.29) is 5.84 Å². The zero-order chi connectivity index (χ0) is 10.3. The molecule has 0 bridgehead atoms. The van der Waals surface area contributed by atoms with E-state index in [2.05, 4.69) is 38.1 Å². The Morgan fingerprint density at radius 3 is 1.85 bits per heavy atom. The molecule has 0 saturated heterocycles. The summed E-state index contributed by atoms with van der Waals surface area (Å²) in [5.74, 6) is 0.825. The molecule has 3 N–H and O–H groups in total. The Labute approximate surface area is 80.3 Å². The van der Waals surface area contributed by atoms with Crippen LogP contribution in [-0.2, 0) is 0 Å². The summed E-state index contributed by atoms with van der Waals surface area (Å²) in [7, 11) is 0. The highest BCUT2D eigenvalue weighted by molar-refractivity contribution is 5.73. The van der Waals surface area contributed by atoms with Crippen LogP contribution in [0.3, 0.4) is 0 Å². The molecule has 0 radical (unpaired) electrons. The molecule has 0 unspecified atom stereocenters. The van der Waals surface area contributed by atoms with Gasteiger partial charge in [0.1, 0.15) is 0 Å². The van der Waals surface area contributed by atoms with E-state index in [4.69, 9.17) is 11.1 Å². The van der Waals surface area contributed by atoms with E-state index in [9.17, 15) is 0 Å². The van der Waals surface area contributed by atoms with Crippen LogP contribution in [0.25, 0.3) is 0 Å². The maximum atomic E-state index is 6.28. The number of hydrogen-bond acceptors (Lipinski definition) is 1. The first-order valence-electron chi connectivity index (χ1n) is 4.39. The third-order valence-corrected chi connectivity index (χ3v) is 1.47. The molecule has 0 spiro atoms. The van der Waals surface area contributed by atoms with Gasteiger partial charge in [0.05, 0.1) is 5.84 Å². The summed E-state index contributed by atoms with van der Waals surface area (Å²) in [4.78, 5) is 0. The molecule has 13 heavy (non-hydrogen) atoms. The summed E-state index contributed by atoms with van der Waals surface area (Å²) in [5.41, 5.74) is 6.11. The first-order valence-corrected chi connectivity index (χ1v) is 4.39. The molecular formula is C11H18N2. The lowest BCUT2D eigenvalue weighted by Gasteiger charge is -2.01. The third-order valence-electron chi connectivity index (χ3n) is 1.47. The van der Waals surface area contributed by atoms with Gasteiger partial charge in [0.15, 0.2) is 0 Å². The van der Waals surface area contributed by atoms with Crippen LogP contribution in [0.1, 0.15) is 32.3 Å². The van der Waals surface area contributed by atoms with Crippen molar-refractivity contribution in [2.75, 3.05) is 0 Å². The van der Waals surface area contributed by atoms with Crippen LogP contribution in [0.2, 0.25) is 0 Å². The minimum absolute atomic E-state index is 0.167. The van der Waals surface area contributed by atoms with Crippen molar-refractivity contribution in [1.82, 2.24) is 0 Å². The monoisotopic (exact) mass is 178 g/mol. The predicted octanol–water partition coefficient (Wildman–Crippen LogP) is 2.75. The molecule has 0 aliphatic carbocycles. The van der Waals surface area contributed by atoms with E-state index in [1.807, 2.05) is 6.07 Å². The molecule has 2 nitrogen and oxygen atoms in total.